The Bertz CT molecular complexity index is 732. The number of halogens is 3. The zero-order valence-corrected chi connectivity index (χ0v) is 13.1. The van der Waals surface area contributed by atoms with E-state index in [0.717, 1.165) is 9.87 Å². The molecule has 1 saturated heterocycles. The predicted octanol–water partition coefficient (Wildman–Crippen LogP) is 0.0842. The fourth-order valence-corrected chi connectivity index (χ4v) is 3.15. The molecule has 0 atom stereocenters. The molecule has 1 aliphatic heterocycles. The molecule has 2 rings (SSSR count). The van der Waals surface area contributed by atoms with Crippen LogP contribution in [-0.2, 0) is 32.8 Å². The number of amides is 2. The first-order chi connectivity index (χ1) is 11.1. The fraction of sp³-hybridized carbons (Fsp3) is 0.385. The Labute approximate surface area is 136 Å². The Morgan fingerprint density at radius 3 is 2.29 bits per heavy atom. The smallest absolute Gasteiger partial charge is 0.344 e. The van der Waals surface area contributed by atoms with Gasteiger partial charge in [-0.2, -0.15) is 25.9 Å². The number of benzene rings is 1. The van der Waals surface area contributed by atoms with Crippen molar-refractivity contribution in [3.05, 3.63) is 35.4 Å². The summed E-state index contributed by atoms with van der Waals surface area (Å²) in [5, 5.41) is 1.75. The van der Waals surface area contributed by atoms with Gasteiger partial charge >= 0.3 is 22.3 Å². The zero-order valence-electron chi connectivity index (χ0n) is 12.3. The van der Waals surface area contributed by atoms with Crippen molar-refractivity contribution in [3.63, 3.8) is 0 Å². The molecule has 1 fully saturated rings. The highest BCUT2D eigenvalue weighted by Crippen LogP contribution is 2.15. The maximum atomic E-state index is 12.1. The Morgan fingerprint density at radius 1 is 1.21 bits per heavy atom. The molecule has 1 heterocycles. The topological polar surface area (TPSA) is 95.6 Å². The van der Waals surface area contributed by atoms with Crippen molar-refractivity contribution < 1.29 is 31.2 Å². The van der Waals surface area contributed by atoms with Gasteiger partial charge in [-0.3, -0.25) is 9.59 Å². The van der Waals surface area contributed by atoms with Crippen molar-refractivity contribution in [2.75, 3.05) is 13.1 Å². The number of rotatable bonds is 5. The summed E-state index contributed by atoms with van der Waals surface area (Å²) in [5.74, 6) is -2.60. The van der Waals surface area contributed by atoms with Crippen LogP contribution in [0.15, 0.2) is 24.3 Å². The molecule has 11 heteroatoms. The molecule has 0 saturated carbocycles. The number of carbonyl (C=O) groups excluding carboxylic acids is 2. The molecule has 0 aliphatic carbocycles. The van der Waals surface area contributed by atoms with Gasteiger partial charge in [0.15, 0.2) is 0 Å². The first-order valence-corrected chi connectivity index (χ1v) is 8.25. The molecule has 0 unspecified atom stereocenters. The summed E-state index contributed by atoms with van der Waals surface area (Å²) in [6.45, 7) is -0.396. The van der Waals surface area contributed by atoms with Crippen molar-refractivity contribution in [1.82, 2.24) is 14.3 Å². The highest BCUT2D eigenvalue weighted by molar-refractivity contribution is 7.88. The van der Waals surface area contributed by atoms with Crippen LogP contribution in [0, 0.1) is 0 Å². The van der Waals surface area contributed by atoms with E-state index < -0.39 is 28.2 Å². The second-order valence-electron chi connectivity index (χ2n) is 5.11. The first kappa shape index (κ1) is 18.2. The lowest BCUT2D eigenvalue weighted by atomic mass is 10.1. The van der Waals surface area contributed by atoms with Gasteiger partial charge in [0, 0.05) is 13.1 Å². The fourth-order valence-electron chi connectivity index (χ4n) is 2.05. The van der Waals surface area contributed by atoms with E-state index in [2.05, 4.69) is 0 Å². The summed E-state index contributed by atoms with van der Waals surface area (Å²) in [7, 11) is -3.77. The monoisotopic (exact) mass is 365 g/mol. The second kappa shape index (κ2) is 6.77. The molecule has 0 aromatic heterocycles. The van der Waals surface area contributed by atoms with E-state index in [1.165, 1.54) is 12.1 Å². The Kier molecular flexibility index (Phi) is 5.13. The van der Waals surface area contributed by atoms with Crippen molar-refractivity contribution in [2.45, 2.75) is 19.1 Å². The van der Waals surface area contributed by atoms with E-state index in [1.54, 1.807) is 17.4 Å². The van der Waals surface area contributed by atoms with E-state index in [1.807, 2.05) is 4.72 Å². The average Bonchev–Trinajstić information content (AvgIpc) is 2.74. The normalized spacial score (nSPS) is 17.5. The van der Waals surface area contributed by atoms with Gasteiger partial charge in [-0.05, 0) is 17.5 Å². The summed E-state index contributed by atoms with van der Waals surface area (Å²) < 4.78 is 62.1. The molecule has 2 amide bonds. The van der Waals surface area contributed by atoms with Crippen LogP contribution >= 0.6 is 0 Å². The molecule has 0 radical (unpaired) electrons. The minimum Gasteiger partial charge on any atom is -0.344 e. The van der Waals surface area contributed by atoms with E-state index >= 15 is 0 Å². The number of carbonyl (C=O) groups is 2. The van der Waals surface area contributed by atoms with Crippen LogP contribution in [0.4, 0.5) is 13.2 Å². The number of alkyl halides is 3. The third kappa shape index (κ3) is 4.68. The molecular weight excluding hydrogens is 351 g/mol. The minimum absolute atomic E-state index is 0.102. The number of hydrogen-bond donors (Lipinski definition) is 2. The molecule has 7 nitrogen and oxygen atoms in total. The van der Waals surface area contributed by atoms with Crippen LogP contribution in [0.3, 0.4) is 0 Å². The van der Waals surface area contributed by atoms with Gasteiger partial charge in [0.1, 0.15) is 0 Å². The molecule has 1 aromatic carbocycles. The number of nitrogens with one attached hydrogen (secondary N) is 2. The molecule has 0 bridgehead atoms. The van der Waals surface area contributed by atoms with Crippen LogP contribution in [0.5, 0.6) is 0 Å². The molecule has 1 aliphatic rings. The quantitative estimate of drug-likeness (QED) is 0.773. The van der Waals surface area contributed by atoms with Gasteiger partial charge in [-0.15, -0.1) is 0 Å². The van der Waals surface area contributed by atoms with Crippen LogP contribution < -0.4 is 10.0 Å². The van der Waals surface area contributed by atoms with Crippen molar-refractivity contribution in [3.8, 4) is 0 Å². The van der Waals surface area contributed by atoms with E-state index in [9.17, 15) is 31.2 Å². The van der Waals surface area contributed by atoms with Gasteiger partial charge < -0.3 is 5.32 Å². The molecule has 24 heavy (non-hydrogen) atoms. The third-order valence-corrected chi connectivity index (χ3v) is 4.76. The molecule has 132 valence electrons. The highest BCUT2D eigenvalue weighted by Gasteiger charge is 2.38. The van der Waals surface area contributed by atoms with Gasteiger partial charge in [0.05, 0.1) is 6.54 Å². The van der Waals surface area contributed by atoms with Crippen LogP contribution in [-0.4, -0.2) is 43.8 Å². The lowest BCUT2D eigenvalue weighted by Crippen LogP contribution is -2.36. The molecule has 2 N–H and O–H groups in total. The van der Waals surface area contributed by atoms with Gasteiger partial charge in [0.2, 0.25) is 5.91 Å². The zero-order chi connectivity index (χ0) is 18.0. The average molecular weight is 365 g/mol. The summed E-state index contributed by atoms with van der Waals surface area (Å²) >= 11 is 0. The van der Waals surface area contributed by atoms with Gasteiger partial charge in [-0.25, -0.2) is 4.72 Å². The largest absolute Gasteiger partial charge is 0.471 e. The lowest BCUT2D eigenvalue weighted by Gasteiger charge is -2.12. The Balaban J connectivity index is 1.86. The van der Waals surface area contributed by atoms with E-state index in [0.29, 0.717) is 12.0 Å². The first-order valence-electron chi connectivity index (χ1n) is 6.81. The SMILES string of the molecule is O=C1CN(CCc2ccc(CNC(=O)C(F)(F)F)cc2)S(=O)(=O)N1. The Hall–Kier alpha value is -2.14. The third-order valence-electron chi connectivity index (χ3n) is 3.29. The predicted molar refractivity (Wildman–Crippen MR) is 76.7 cm³/mol. The van der Waals surface area contributed by atoms with Gasteiger partial charge in [0.25, 0.3) is 0 Å². The molecule has 1 aromatic rings. The van der Waals surface area contributed by atoms with Crippen molar-refractivity contribution >= 4 is 22.0 Å². The summed E-state index contributed by atoms with van der Waals surface area (Å²) in [4.78, 5) is 21.8. The second-order valence-corrected chi connectivity index (χ2v) is 6.78. The molecule has 0 spiro atoms. The number of nitrogens with zero attached hydrogens (tertiary/aromatic N) is 1. The van der Waals surface area contributed by atoms with Crippen LogP contribution in [0.1, 0.15) is 11.1 Å². The van der Waals surface area contributed by atoms with Gasteiger partial charge in [-0.1, -0.05) is 24.3 Å². The highest BCUT2D eigenvalue weighted by atomic mass is 32.2. The Morgan fingerprint density at radius 2 is 1.79 bits per heavy atom. The summed E-state index contributed by atoms with van der Waals surface area (Å²) in [5.41, 5.74) is 1.22. The maximum Gasteiger partial charge on any atom is 0.471 e. The summed E-state index contributed by atoms with van der Waals surface area (Å²) in [6.07, 6.45) is -4.59. The van der Waals surface area contributed by atoms with Crippen molar-refractivity contribution in [2.24, 2.45) is 0 Å². The van der Waals surface area contributed by atoms with Crippen molar-refractivity contribution in [1.29, 1.82) is 0 Å². The van der Waals surface area contributed by atoms with Crippen LogP contribution in [0.25, 0.3) is 0 Å². The number of hydrogen-bond acceptors (Lipinski definition) is 4. The standard InChI is InChI=1S/C13H14F3N3O4S/c14-13(15,16)12(21)17-7-10-3-1-9(2-4-10)5-6-19-8-11(20)18-24(19,22)23/h1-4H,5-8H2,(H,17,21)(H,18,20). The maximum absolute atomic E-state index is 12.1. The lowest BCUT2D eigenvalue weighted by molar-refractivity contribution is -0.173. The molecular formula is C13H14F3N3O4S. The van der Waals surface area contributed by atoms with E-state index in [4.69, 9.17) is 0 Å². The van der Waals surface area contributed by atoms with Crippen LogP contribution in [0.2, 0.25) is 0 Å². The summed E-state index contributed by atoms with van der Waals surface area (Å²) in [6, 6.07) is 6.31. The minimum atomic E-state index is -4.92. The van der Waals surface area contributed by atoms with E-state index in [-0.39, 0.29) is 19.6 Å².